The number of benzene rings is 2. The largest absolute Gasteiger partial charge is 0.491 e. The number of imide groups is 1. The zero-order valence-corrected chi connectivity index (χ0v) is 16.0. The van der Waals surface area contributed by atoms with Gasteiger partial charge in [-0.25, -0.2) is 9.18 Å². The maximum atomic E-state index is 13.0. The van der Waals surface area contributed by atoms with Crippen LogP contribution in [0.15, 0.2) is 42.1 Å². The average molecular weight is 405 g/mol. The van der Waals surface area contributed by atoms with Gasteiger partial charge in [-0.3, -0.25) is 9.69 Å². The van der Waals surface area contributed by atoms with E-state index in [9.17, 15) is 14.0 Å². The highest BCUT2D eigenvalue weighted by molar-refractivity contribution is 6.32. The van der Waals surface area contributed by atoms with Gasteiger partial charge in [0.15, 0.2) is 11.5 Å². The second kappa shape index (κ2) is 8.31. The zero-order valence-electron chi connectivity index (χ0n) is 15.3. The van der Waals surface area contributed by atoms with Crippen LogP contribution in [0, 0.1) is 5.82 Å². The number of urea groups is 1. The lowest BCUT2D eigenvalue weighted by Crippen LogP contribution is -2.30. The van der Waals surface area contributed by atoms with Crippen molar-refractivity contribution >= 4 is 29.6 Å². The molecule has 1 fully saturated rings. The third-order valence-corrected chi connectivity index (χ3v) is 4.34. The van der Waals surface area contributed by atoms with E-state index in [1.807, 2.05) is 6.92 Å². The molecule has 3 amide bonds. The number of ether oxygens (including phenoxy) is 2. The van der Waals surface area contributed by atoms with E-state index >= 15 is 0 Å². The maximum absolute atomic E-state index is 13.0. The van der Waals surface area contributed by atoms with Crippen molar-refractivity contribution in [2.75, 3.05) is 13.7 Å². The van der Waals surface area contributed by atoms with E-state index in [1.54, 1.807) is 12.1 Å². The number of carbonyl (C=O) groups is 2. The van der Waals surface area contributed by atoms with Crippen LogP contribution in [0.1, 0.15) is 18.1 Å². The van der Waals surface area contributed by atoms with E-state index in [2.05, 4.69) is 5.32 Å². The smallest absolute Gasteiger partial charge is 0.329 e. The first-order valence-electron chi connectivity index (χ1n) is 8.52. The summed E-state index contributed by atoms with van der Waals surface area (Å²) in [4.78, 5) is 25.9. The molecule has 0 aliphatic carbocycles. The summed E-state index contributed by atoms with van der Waals surface area (Å²) in [5.41, 5.74) is 1.31. The first-order chi connectivity index (χ1) is 13.4. The molecule has 0 bridgehead atoms. The molecule has 146 valence electrons. The molecule has 1 N–H and O–H groups in total. The van der Waals surface area contributed by atoms with Crippen molar-refractivity contribution in [1.82, 2.24) is 10.2 Å². The van der Waals surface area contributed by atoms with Gasteiger partial charge in [0.2, 0.25) is 0 Å². The van der Waals surface area contributed by atoms with Crippen molar-refractivity contribution in [2.45, 2.75) is 13.5 Å². The summed E-state index contributed by atoms with van der Waals surface area (Å²) in [6, 6.07) is 8.33. The van der Waals surface area contributed by atoms with Gasteiger partial charge in [-0.1, -0.05) is 23.7 Å². The fraction of sp³-hybridized carbons (Fsp3) is 0.200. The van der Waals surface area contributed by atoms with Crippen LogP contribution in [-0.4, -0.2) is 30.6 Å². The number of hydrogen-bond donors (Lipinski definition) is 1. The topological polar surface area (TPSA) is 67.9 Å². The summed E-state index contributed by atoms with van der Waals surface area (Å²) >= 11 is 6.22. The molecule has 6 nitrogen and oxygen atoms in total. The van der Waals surface area contributed by atoms with E-state index in [0.717, 1.165) is 4.90 Å². The van der Waals surface area contributed by atoms with Gasteiger partial charge in [-0.05, 0) is 48.4 Å². The number of rotatable bonds is 6. The minimum atomic E-state index is -0.551. The van der Waals surface area contributed by atoms with Crippen LogP contribution in [0.5, 0.6) is 11.5 Å². The van der Waals surface area contributed by atoms with Crippen LogP contribution in [0.2, 0.25) is 5.02 Å². The lowest BCUT2D eigenvalue weighted by molar-refractivity contribution is -0.123. The number of nitrogens with one attached hydrogen (secondary N) is 1. The molecule has 0 saturated carbocycles. The first-order valence-corrected chi connectivity index (χ1v) is 8.90. The second-order valence-electron chi connectivity index (χ2n) is 5.97. The van der Waals surface area contributed by atoms with Crippen LogP contribution < -0.4 is 14.8 Å². The Hall–Kier alpha value is -3.06. The predicted molar refractivity (Wildman–Crippen MR) is 103 cm³/mol. The van der Waals surface area contributed by atoms with Crippen molar-refractivity contribution in [2.24, 2.45) is 0 Å². The SMILES string of the molecule is CCOc1cc(/C=C2/NC(=O)N(Cc3ccc(F)cc3)C2=O)cc(Cl)c1OC. The van der Waals surface area contributed by atoms with Crippen LogP contribution in [0.3, 0.4) is 0 Å². The van der Waals surface area contributed by atoms with E-state index < -0.39 is 11.9 Å². The normalized spacial score (nSPS) is 15.1. The Morgan fingerprint density at radius 3 is 2.57 bits per heavy atom. The van der Waals surface area contributed by atoms with E-state index in [0.29, 0.717) is 34.3 Å². The Labute approximate surface area is 166 Å². The van der Waals surface area contributed by atoms with Gasteiger partial charge in [-0.15, -0.1) is 0 Å². The Morgan fingerprint density at radius 1 is 1.21 bits per heavy atom. The summed E-state index contributed by atoms with van der Waals surface area (Å²) in [6.07, 6.45) is 1.51. The van der Waals surface area contributed by atoms with Gasteiger partial charge in [0.25, 0.3) is 5.91 Å². The molecular formula is C20H18ClFN2O4. The standard InChI is InChI=1S/C20H18ClFN2O4/c1-3-28-17-10-13(8-15(21)18(17)27-2)9-16-19(25)24(20(26)23-16)11-12-4-6-14(22)7-5-12/h4-10H,3,11H2,1-2H3,(H,23,26)/b16-9+. The molecule has 0 spiro atoms. The number of carbonyl (C=O) groups excluding carboxylic acids is 2. The van der Waals surface area contributed by atoms with Crippen molar-refractivity contribution < 1.29 is 23.5 Å². The maximum Gasteiger partial charge on any atom is 0.329 e. The number of nitrogens with zero attached hydrogens (tertiary/aromatic N) is 1. The fourth-order valence-corrected chi connectivity index (χ4v) is 3.08. The monoisotopic (exact) mass is 404 g/mol. The Kier molecular flexibility index (Phi) is 5.84. The molecule has 0 radical (unpaired) electrons. The van der Waals surface area contributed by atoms with Gasteiger partial charge in [0.1, 0.15) is 11.5 Å². The lowest BCUT2D eigenvalue weighted by Gasteiger charge is -2.12. The van der Waals surface area contributed by atoms with Gasteiger partial charge in [0.05, 0.1) is 25.3 Å². The number of methoxy groups -OCH3 is 1. The lowest BCUT2D eigenvalue weighted by atomic mass is 10.1. The molecule has 0 atom stereocenters. The number of amides is 3. The minimum absolute atomic E-state index is 0.0376. The van der Waals surface area contributed by atoms with Crippen LogP contribution in [0.4, 0.5) is 9.18 Å². The van der Waals surface area contributed by atoms with Crippen molar-refractivity contribution in [3.63, 3.8) is 0 Å². The Bertz CT molecular complexity index is 944. The zero-order chi connectivity index (χ0) is 20.3. The second-order valence-corrected chi connectivity index (χ2v) is 6.38. The molecule has 1 aliphatic rings. The minimum Gasteiger partial charge on any atom is -0.491 e. The third kappa shape index (κ3) is 4.09. The van der Waals surface area contributed by atoms with Gasteiger partial charge in [-0.2, -0.15) is 0 Å². The molecule has 1 aliphatic heterocycles. The molecule has 2 aromatic carbocycles. The summed E-state index contributed by atoms with van der Waals surface area (Å²) in [7, 11) is 1.48. The molecule has 0 unspecified atom stereocenters. The molecule has 28 heavy (non-hydrogen) atoms. The molecular weight excluding hydrogens is 387 g/mol. The molecule has 8 heteroatoms. The summed E-state index contributed by atoms with van der Waals surface area (Å²) in [5, 5.41) is 2.86. The predicted octanol–water partition coefficient (Wildman–Crippen LogP) is 3.98. The van der Waals surface area contributed by atoms with Gasteiger partial charge >= 0.3 is 6.03 Å². The molecule has 3 rings (SSSR count). The Morgan fingerprint density at radius 2 is 1.93 bits per heavy atom. The van der Waals surface area contributed by atoms with E-state index in [4.69, 9.17) is 21.1 Å². The van der Waals surface area contributed by atoms with Crippen LogP contribution >= 0.6 is 11.6 Å². The van der Waals surface area contributed by atoms with Gasteiger partial charge in [0, 0.05) is 0 Å². The molecule has 2 aromatic rings. The van der Waals surface area contributed by atoms with E-state index in [1.165, 1.54) is 37.5 Å². The first kappa shape index (κ1) is 19.7. The van der Waals surface area contributed by atoms with Crippen molar-refractivity contribution in [3.8, 4) is 11.5 Å². The number of hydrogen-bond acceptors (Lipinski definition) is 4. The summed E-state index contributed by atoms with van der Waals surface area (Å²) in [5.74, 6) is -0.0445. The van der Waals surface area contributed by atoms with E-state index in [-0.39, 0.29) is 18.1 Å². The number of halogens is 2. The van der Waals surface area contributed by atoms with Crippen molar-refractivity contribution in [1.29, 1.82) is 0 Å². The molecule has 0 aromatic heterocycles. The highest BCUT2D eigenvalue weighted by Gasteiger charge is 2.33. The third-order valence-electron chi connectivity index (χ3n) is 4.06. The Balaban J connectivity index is 1.86. The summed E-state index contributed by atoms with van der Waals surface area (Å²) in [6.45, 7) is 2.27. The summed E-state index contributed by atoms with van der Waals surface area (Å²) < 4.78 is 23.8. The van der Waals surface area contributed by atoms with Crippen LogP contribution in [0.25, 0.3) is 6.08 Å². The molecule has 1 saturated heterocycles. The van der Waals surface area contributed by atoms with Crippen LogP contribution in [-0.2, 0) is 11.3 Å². The fourth-order valence-electron chi connectivity index (χ4n) is 2.79. The van der Waals surface area contributed by atoms with Crippen molar-refractivity contribution in [3.05, 3.63) is 64.1 Å². The average Bonchev–Trinajstić information content (AvgIpc) is 2.91. The highest BCUT2D eigenvalue weighted by atomic mass is 35.5. The quantitative estimate of drug-likeness (QED) is 0.584. The molecule has 1 heterocycles. The van der Waals surface area contributed by atoms with Gasteiger partial charge < -0.3 is 14.8 Å². The highest BCUT2D eigenvalue weighted by Crippen LogP contribution is 2.37.